The van der Waals surface area contributed by atoms with Gasteiger partial charge >= 0.3 is 0 Å². The zero-order valence-electron chi connectivity index (χ0n) is 10.4. The van der Waals surface area contributed by atoms with E-state index < -0.39 is 0 Å². The lowest BCUT2D eigenvalue weighted by molar-refractivity contribution is 0.0712. The third kappa shape index (κ3) is 5.77. The van der Waals surface area contributed by atoms with E-state index in [1.54, 1.807) is 19.2 Å². The van der Waals surface area contributed by atoms with E-state index in [-0.39, 0.29) is 11.9 Å². The minimum absolute atomic E-state index is 0.122. The van der Waals surface area contributed by atoms with Crippen LogP contribution in [0.15, 0.2) is 24.3 Å². The van der Waals surface area contributed by atoms with Gasteiger partial charge in [0, 0.05) is 19.7 Å². The molecule has 17 heavy (non-hydrogen) atoms. The Bertz CT molecular complexity index is 320. The molecule has 0 radical (unpaired) electrons. The van der Waals surface area contributed by atoms with Crippen molar-refractivity contribution in [2.45, 2.75) is 13.0 Å². The van der Waals surface area contributed by atoms with E-state index in [2.05, 4.69) is 5.32 Å². The molecule has 0 unspecified atom stereocenters. The summed E-state index contributed by atoms with van der Waals surface area (Å²) in [5, 5.41) is 3.27. The lowest BCUT2D eigenvalue weighted by Gasteiger charge is -2.14. The van der Waals surface area contributed by atoms with Crippen molar-refractivity contribution >= 4 is 0 Å². The van der Waals surface area contributed by atoms with Crippen molar-refractivity contribution in [3.63, 3.8) is 0 Å². The van der Waals surface area contributed by atoms with Gasteiger partial charge in [-0.2, -0.15) is 0 Å². The molecule has 1 aromatic carbocycles. The Balaban J connectivity index is 2.19. The van der Waals surface area contributed by atoms with E-state index in [0.29, 0.717) is 19.8 Å². The molecule has 4 heteroatoms. The molecule has 1 atom stereocenters. The number of benzene rings is 1. The van der Waals surface area contributed by atoms with Gasteiger partial charge in [0.05, 0.1) is 19.8 Å². The summed E-state index contributed by atoms with van der Waals surface area (Å²) < 4.78 is 23.2. The highest BCUT2D eigenvalue weighted by molar-refractivity contribution is 5.19. The molecule has 0 aliphatic carbocycles. The molecule has 0 saturated heterocycles. The Hall–Kier alpha value is -0.970. The maximum Gasteiger partial charge on any atom is 0.123 e. The summed E-state index contributed by atoms with van der Waals surface area (Å²) >= 11 is 0. The predicted molar refractivity (Wildman–Crippen MR) is 65.5 cm³/mol. The molecule has 96 valence electrons. The van der Waals surface area contributed by atoms with Crippen LogP contribution in [-0.2, 0) is 9.47 Å². The molecule has 0 aliphatic rings. The lowest BCUT2D eigenvalue weighted by Crippen LogP contribution is -2.23. The maximum absolute atomic E-state index is 13.0. The first-order valence-electron chi connectivity index (χ1n) is 5.79. The van der Waals surface area contributed by atoms with Crippen LogP contribution in [0.4, 0.5) is 4.39 Å². The normalized spacial score (nSPS) is 12.6. The largest absolute Gasteiger partial charge is 0.382 e. The minimum Gasteiger partial charge on any atom is -0.382 e. The summed E-state index contributed by atoms with van der Waals surface area (Å²) in [6, 6.07) is 6.74. The van der Waals surface area contributed by atoms with Gasteiger partial charge in [0.25, 0.3) is 0 Å². The van der Waals surface area contributed by atoms with Gasteiger partial charge < -0.3 is 14.8 Å². The van der Waals surface area contributed by atoms with Crippen molar-refractivity contribution in [3.8, 4) is 0 Å². The molecule has 0 aliphatic heterocycles. The second-order valence-electron chi connectivity index (χ2n) is 3.84. The monoisotopic (exact) mass is 241 g/mol. The second kappa shape index (κ2) is 8.17. The molecule has 1 aromatic rings. The van der Waals surface area contributed by atoms with Gasteiger partial charge in [-0.05, 0) is 24.6 Å². The highest BCUT2D eigenvalue weighted by Gasteiger charge is 2.04. The number of methoxy groups -OCH3 is 1. The molecule has 0 amide bonds. The van der Waals surface area contributed by atoms with Crippen LogP contribution in [0.2, 0.25) is 0 Å². The zero-order valence-corrected chi connectivity index (χ0v) is 10.4. The van der Waals surface area contributed by atoms with Crippen LogP contribution < -0.4 is 5.32 Å². The van der Waals surface area contributed by atoms with Crippen molar-refractivity contribution in [1.29, 1.82) is 0 Å². The lowest BCUT2D eigenvalue weighted by atomic mass is 10.1. The van der Waals surface area contributed by atoms with Gasteiger partial charge in [-0.25, -0.2) is 4.39 Å². The number of hydrogen-bond acceptors (Lipinski definition) is 3. The van der Waals surface area contributed by atoms with Gasteiger partial charge in [0.1, 0.15) is 5.82 Å². The molecule has 1 N–H and O–H groups in total. The van der Waals surface area contributed by atoms with Gasteiger partial charge in [-0.15, -0.1) is 0 Å². The van der Waals surface area contributed by atoms with E-state index in [4.69, 9.17) is 9.47 Å². The molecular weight excluding hydrogens is 221 g/mol. The van der Waals surface area contributed by atoms with Crippen LogP contribution in [0, 0.1) is 5.82 Å². The Kier molecular flexibility index (Phi) is 6.77. The highest BCUT2D eigenvalue weighted by Crippen LogP contribution is 2.12. The Morgan fingerprint density at radius 2 is 2.12 bits per heavy atom. The van der Waals surface area contributed by atoms with Crippen LogP contribution in [0.3, 0.4) is 0 Å². The molecule has 3 nitrogen and oxygen atoms in total. The smallest absolute Gasteiger partial charge is 0.123 e. The minimum atomic E-state index is -0.201. The average Bonchev–Trinajstić information content (AvgIpc) is 2.33. The van der Waals surface area contributed by atoms with Crippen molar-refractivity contribution in [2.24, 2.45) is 0 Å². The second-order valence-corrected chi connectivity index (χ2v) is 3.84. The van der Waals surface area contributed by atoms with E-state index in [9.17, 15) is 4.39 Å². The van der Waals surface area contributed by atoms with Crippen molar-refractivity contribution in [3.05, 3.63) is 35.6 Å². The SMILES string of the molecule is COCCOCCN[C@@H](C)c1cccc(F)c1. The number of hydrogen-bond donors (Lipinski definition) is 1. The van der Waals surface area contributed by atoms with Crippen molar-refractivity contribution in [1.82, 2.24) is 5.32 Å². The summed E-state index contributed by atoms with van der Waals surface area (Å²) in [5.74, 6) is -0.201. The number of ether oxygens (including phenoxy) is 2. The first-order valence-corrected chi connectivity index (χ1v) is 5.79. The van der Waals surface area contributed by atoms with E-state index in [0.717, 1.165) is 12.1 Å². The molecule has 0 spiro atoms. The van der Waals surface area contributed by atoms with Crippen LogP contribution in [0.5, 0.6) is 0 Å². The van der Waals surface area contributed by atoms with Crippen molar-refractivity contribution < 1.29 is 13.9 Å². The first-order chi connectivity index (χ1) is 8.24. The molecule has 1 rings (SSSR count). The van der Waals surface area contributed by atoms with Crippen molar-refractivity contribution in [2.75, 3.05) is 33.5 Å². The fraction of sp³-hybridized carbons (Fsp3) is 0.538. The standard InChI is InChI=1S/C13H20FNO2/c1-11(12-4-3-5-13(14)10-12)15-6-7-17-9-8-16-2/h3-5,10-11,15H,6-9H2,1-2H3/t11-/m0/s1. The Morgan fingerprint density at radius 3 is 2.82 bits per heavy atom. The van der Waals surface area contributed by atoms with E-state index in [1.807, 2.05) is 13.0 Å². The zero-order chi connectivity index (χ0) is 12.5. The fourth-order valence-electron chi connectivity index (χ4n) is 1.49. The van der Waals surface area contributed by atoms with Gasteiger partial charge in [0.15, 0.2) is 0 Å². The Morgan fingerprint density at radius 1 is 1.29 bits per heavy atom. The summed E-state index contributed by atoms with van der Waals surface area (Å²) in [5.41, 5.74) is 0.946. The summed E-state index contributed by atoms with van der Waals surface area (Å²) in [6.45, 7) is 4.58. The van der Waals surface area contributed by atoms with E-state index >= 15 is 0 Å². The van der Waals surface area contributed by atoms with E-state index in [1.165, 1.54) is 6.07 Å². The highest BCUT2D eigenvalue weighted by atomic mass is 19.1. The number of nitrogens with one attached hydrogen (secondary N) is 1. The molecule has 0 aromatic heterocycles. The molecule has 0 saturated carbocycles. The Labute approximate surface area is 102 Å². The molecule has 0 heterocycles. The average molecular weight is 241 g/mol. The maximum atomic E-state index is 13.0. The first kappa shape index (κ1) is 14.1. The van der Waals surface area contributed by atoms with Gasteiger partial charge in [0.2, 0.25) is 0 Å². The number of halogens is 1. The number of rotatable bonds is 8. The third-order valence-electron chi connectivity index (χ3n) is 2.48. The molecule has 0 bridgehead atoms. The summed E-state index contributed by atoms with van der Waals surface area (Å²) in [4.78, 5) is 0. The third-order valence-corrected chi connectivity index (χ3v) is 2.48. The molecular formula is C13H20FNO2. The van der Waals surface area contributed by atoms with Gasteiger partial charge in [-0.1, -0.05) is 12.1 Å². The van der Waals surface area contributed by atoms with Crippen LogP contribution in [-0.4, -0.2) is 33.5 Å². The summed E-state index contributed by atoms with van der Waals surface area (Å²) in [6.07, 6.45) is 0. The van der Waals surface area contributed by atoms with Crippen LogP contribution in [0.1, 0.15) is 18.5 Å². The molecule has 0 fully saturated rings. The van der Waals surface area contributed by atoms with Crippen LogP contribution in [0.25, 0.3) is 0 Å². The quantitative estimate of drug-likeness (QED) is 0.707. The van der Waals surface area contributed by atoms with Crippen LogP contribution >= 0.6 is 0 Å². The predicted octanol–water partition coefficient (Wildman–Crippen LogP) is 2.14. The van der Waals surface area contributed by atoms with Gasteiger partial charge in [-0.3, -0.25) is 0 Å². The topological polar surface area (TPSA) is 30.5 Å². The summed E-state index contributed by atoms with van der Waals surface area (Å²) in [7, 11) is 1.65. The fourth-order valence-corrected chi connectivity index (χ4v) is 1.49.